The third-order valence-electron chi connectivity index (χ3n) is 2.37. The standard InChI is InChI=1S/C13H11BrFNO2/c1-17-10-5-4-9(11(15)7-10)8-18-12-3-2-6-16-13(12)14/h2-7H,8H2,1H3. The summed E-state index contributed by atoms with van der Waals surface area (Å²) in [5, 5.41) is 0. The molecular weight excluding hydrogens is 301 g/mol. The molecule has 1 aromatic heterocycles. The van der Waals surface area contributed by atoms with E-state index in [0.29, 0.717) is 21.7 Å². The van der Waals surface area contributed by atoms with E-state index < -0.39 is 0 Å². The molecule has 3 nitrogen and oxygen atoms in total. The van der Waals surface area contributed by atoms with E-state index in [1.165, 1.54) is 13.2 Å². The predicted octanol–water partition coefficient (Wildman–Crippen LogP) is 3.57. The largest absolute Gasteiger partial charge is 0.497 e. The number of nitrogens with zero attached hydrogens (tertiary/aromatic N) is 1. The van der Waals surface area contributed by atoms with Gasteiger partial charge in [0, 0.05) is 17.8 Å². The average molecular weight is 312 g/mol. The normalized spacial score (nSPS) is 10.2. The van der Waals surface area contributed by atoms with Crippen molar-refractivity contribution >= 4 is 15.9 Å². The minimum absolute atomic E-state index is 0.139. The molecule has 0 saturated carbocycles. The average Bonchev–Trinajstić information content (AvgIpc) is 2.39. The lowest BCUT2D eigenvalue weighted by molar-refractivity contribution is 0.296. The number of methoxy groups -OCH3 is 1. The third kappa shape index (κ3) is 2.98. The molecule has 0 bridgehead atoms. The first kappa shape index (κ1) is 12.8. The summed E-state index contributed by atoms with van der Waals surface area (Å²) >= 11 is 3.26. The number of rotatable bonds is 4. The first-order valence-electron chi connectivity index (χ1n) is 5.26. The third-order valence-corrected chi connectivity index (χ3v) is 2.96. The van der Waals surface area contributed by atoms with Crippen molar-refractivity contribution < 1.29 is 13.9 Å². The lowest BCUT2D eigenvalue weighted by Gasteiger charge is -2.09. The zero-order valence-corrected chi connectivity index (χ0v) is 11.3. The molecule has 0 unspecified atom stereocenters. The Hall–Kier alpha value is -1.62. The van der Waals surface area contributed by atoms with Gasteiger partial charge in [0.05, 0.1) is 7.11 Å². The Morgan fingerprint density at radius 2 is 2.17 bits per heavy atom. The van der Waals surface area contributed by atoms with E-state index in [-0.39, 0.29) is 12.4 Å². The molecular formula is C13H11BrFNO2. The Balaban J connectivity index is 2.09. The van der Waals surface area contributed by atoms with Crippen LogP contribution in [-0.2, 0) is 6.61 Å². The van der Waals surface area contributed by atoms with Crippen molar-refractivity contribution in [1.29, 1.82) is 0 Å². The van der Waals surface area contributed by atoms with Crippen LogP contribution in [0.15, 0.2) is 41.1 Å². The molecule has 0 N–H and O–H groups in total. The minimum Gasteiger partial charge on any atom is -0.497 e. The number of benzene rings is 1. The lowest BCUT2D eigenvalue weighted by Crippen LogP contribution is -2.00. The molecule has 0 aliphatic rings. The highest BCUT2D eigenvalue weighted by atomic mass is 79.9. The fourth-order valence-electron chi connectivity index (χ4n) is 1.41. The van der Waals surface area contributed by atoms with Crippen LogP contribution in [-0.4, -0.2) is 12.1 Å². The molecule has 1 heterocycles. The summed E-state index contributed by atoms with van der Waals surface area (Å²) in [5.41, 5.74) is 0.464. The van der Waals surface area contributed by atoms with Gasteiger partial charge in [0.1, 0.15) is 22.8 Å². The summed E-state index contributed by atoms with van der Waals surface area (Å²) in [6.45, 7) is 0.139. The Kier molecular flexibility index (Phi) is 4.15. The number of aromatic nitrogens is 1. The van der Waals surface area contributed by atoms with Gasteiger partial charge in [-0.3, -0.25) is 0 Å². The summed E-state index contributed by atoms with van der Waals surface area (Å²) in [7, 11) is 1.50. The lowest BCUT2D eigenvalue weighted by atomic mass is 10.2. The second kappa shape index (κ2) is 5.82. The Labute approximate surface area is 113 Å². The van der Waals surface area contributed by atoms with Crippen molar-refractivity contribution in [2.75, 3.05) is 7.11 Å². The summed E-state index contributed by atoms with van der Waals surface area (Å²) < 4.78 is 24.7. The van der Waals surface area contributed by atoms with Crippen LogP contribution in [0.2, 0.25) is 0 Å². The fraction of sp³-hybridized carbons (Fsp3) is 0.154. The van der Waals surface area contributed by atoms with Gasteiger partial charge in [0.25, 0.3) is 0 Å². The molecule has 0 aliphatic carbocycles. The highest BCUT2D eigenvalue weighted by Gasteiger charge is 2.06. The fourth-order valence-corrected chi connectivity index (χ4v) is 1.77. The van der Waals surface area contributed by atoms with E-state index in [1.54, 1.807) is 30.5 Å². The molecule has 0 fully saturated rings. The monoisotopic (exact) mass is 311 g/mol. The van der Waals surface area contributed by atoms with E-state index in [1.807, 2.05) is 0 Å². The van der Waals surface area contributed by atoms with Gasteiger partial charge in [0.15, 0.2) is 5.75 Å². The number of hydrogen-bond donors (Lipinski definition) is 0. The van der Waals surface area contributed by atoms with E-state index >= 15 is 0 Å². The molecule has 2 rings (SSSR count). The maximum atomic E-state index is 13.7. The number of halogens is 2. The molecule has 2 aromatic rings. The van der Waals surface area contributed by atoms with E-state index in [0.717, 1.165) is 0 Å². The molecule has 0 radical (unpaired) electrons. The van der Waals surface area contributed by atoms with E-state index in [9.17, 15) is 4.39 Å². The first-order chi connectivity index (χ1) is 8.70. The molecule has 94 valence electrons. The van der Waals surface area contributed by atoms with Gasteiger partial charge in [-0.05, 0) is 40.2 Å². The van der Waals surface area contributed by atoms with Gasteiger partial charge >= 0.3 is 0 Å². The van der Waals surface area contributed by atoms with Crippen LogP contribution in [0.25, 0.3) is 0 Å². The van der Waals surface area contributed by atoms with Crippen molar-refractivity contribution in [1.82, 2.24) is 4.98 Å². The highest BCUT2D eigenvalue weighted by molar-refractivity contribution is 9.10. The van der Waals surface area contributed by atoms with Crippen LogP contribution < -0.4 is 9.47 Å². The van der Waals surface area contributed by atoms with Crippen LogP contribution in [0.3, 0.4) is 0 Å². The topological polar surface area (TPSA) is 31.4 Å². The Morgan fingerprint density at radius 3 is 2.83 bits per heavy atom. The van der Waals surface area contributed by atoms with Crippen molar-refractivity contribution in [2.24, 2.45) is 0 Å². The molecule has 0 spiro atoms. The Bertz CT molecular complexity index is 548. The summed E-state index contributed by atoms with van der Waals surface area (Å²) in [5.74, 6) is 0.709. The molecule has 0 saturated heterocycles. The van der Waals surface area contributed by atoms with Crippen LogP contribution in [0, 0.1) is 5.82 Å². The quantitative estimate of drug-likeness (QED) is 0.809. The van der Waals surface area contributed by atoms with Gasteiger partial charge < -0.3 is 9.47 Å². The maximum Gasteiger partial charge on any atom is 0.152 e. The molecule has 1 aromatic carbocycles. The second-order valence-electron chi connectivity index (χ2n) is 3.54. The zero-order chi connectivity index (χ0) is 13.0. The maximum absolute atomic E-state index is 13.7. The molecule has 0 atom stereocenters. The summed E-state index contributed by atoms with van der Waals surface area (Å²) in [6, 6.07) is 8.18. The van der Waals surface area contributed by atoms with Crippen LogP contribution in [0.5, 0.6) is 11.5 Å². The van der Waals surface area contributed by atoms with Crippen molar-refractivity contribution in [2.45, 2.75) is 6.61 Å². The minimum atomic E-state index is -0.352. The molecule has 0 amide bonds. The zero-order valence-electron chi connectivity index (χ0n) is 9.69. The smallest absolute Gasteiger partial charge is 0.152 e. The molecule has 5 heteroatoms. The predicted molar refractivity (Wildman–Crippen MR) is 69.2 cm³/mol. The molecule has 18 heavy (non-hydrogen) atoms. The highest BCUT2D eigenvalue weighted by Crippen LogP contribution is 2.23. The van der Waals surface area contributed by atoms with Crippen molar-refractivity contribution in [3.63, 3.8) is 0 Å². The first-order valence-corrected chi connectivity index (χ1v) is 6.05. The van der Waals surface area contributed by atoms with E-state index in [2.05, 4.69) is 20.9 Å². The van der Waals surface area contributed by atoms with E-state index in [4.69, 9.17) is 9.47 Å². The summed E-state index contributed by atoms with van der Waals surface area (Å²) in [4.78, 5) is 4.02. The van der Waals surface area contributed by atoms with Gasteiger partial charge in [-0.1, -0.05) is 0 Å². The van der Waals surface area contributed by atoms with Gasteiger partial charge in [-0.25, -0.2) is 9.37 Å². The van der Waals surface area contributed by atoms with Crippen LogP contribution in [0.1, 0.15) is 5.56 Å². The Morgan fingerprint density at radius 1 is 1.33 bits per heavy atom. The number of ether oxygens (including phenoxy) is 2. The van der Waals surface area contributed by atoms with Gasteiger partial charge in [0.2, 0.25) is 0 Å². The second-order valence-corrected chi connectivity index (χ2v) is 4.29. The summed E-state index contributed by atoms with van der Waals surface area (Å²) in [6.07, 6.45) is 1.64. The van der Waals surface area contributed by atoms with Crippen molar-refractivity contribution in [3.8, 4) is 11.5 Å². The number of pyridine rings is 1. The number of hydrogen-bond acceptors (Lipinski definition) is 3. The van der Waals surface area contributed by atoms with Crippen LogP contribution >= 0.6 is 15.9 Å². The van der Waals surface area contributed by atoms with Gasteiger partial charge in [-0.15, -0.1) is 0 Å². The van der Waals surface area contributed by atoms with Crippen molar-refractivity contribution in [3.05, 3.63) is 52.5 Å². The van der Waals surface area contributed by atoms with Gasteiger partial charge in [-0.2, -0.15) is 0 Å². The van der Waals surface area contributed by atoms with Crippen LogP contribution in [0.4, 0.5) is 4.39 Å². The SMILES string of the molecule is COc1ccc(COc2cccnc2Br)c(F)c1. The molecule has 0 aliphatic heterocycles.